The first-order valence-electron chi connectivity index (χ1n) is 7.55. The van der Waals surface area contributed by atoms with E-state index in [0.29, 0.717) is 23.8 Å². The molecular weight excluding hydrogens is 364 g/mol. The highest BCUT2D eigenvalue weighted by Gasteiger charge is 2.23. The third-order valence-electron chi connectivity index (χ3n) is 3.32. The van der Waals surface area contributed by atoms with Gasteiger partial charge in [0.1, 0.15) is 4.21 Å². The van der Waals surface area contributed by atoms with Gasteiger partial charge in [-0.1, -0.05) is 19.9 Å². The van der Waals surface area contributed by atoms with Gasteiger partial charge in [0.2, 0.25) is 5.91 Å². The second kappa shape index (κ2) is 8.57. The molecule has 130 valence electrons. The smallest absolute Gasteiger partial charge is 0.252 e. The van der Waals surface area contributed by atoms with Gasteiger partial charge in [0.15, 0.2) is 0 Å². The van der Waals surface area contributed by atoms with E-state index in [1.165, 1.54) is 21.7 Å². The van der Waals surface area contributed by atoms with Gasteiger partial charge < -0.3 is 5.32 Å². The monoisotopic (exact) mass is 384 g/mol. The van der Waals surface area contributed by atoms with Crippen molar-refractivity contribution in [3.63, 3.8) is 0 Å². The van der Waals surface area contributed by atoms with E-state index < -0.39 is 10.0 Å². The van der Waals surface area contributed by atoms with Gasteiger partial charge in [-0.05, 0) is 29.7 Å². The van der Waals surface area contributed by atoms with Crippen molar-refractivity contribution in [2.45, 2.75) is 24.6 Å². The highest BCUT2D eigenvalue weighted by Crippen LogP contribution is 2.24. The maximum absolute atomic E-state index is 12.4. The van der Waals surface area contributed by atoms with Crippen molar-refractivity contribution in [1.82, 2.24) is 9.62 Å². The van der Waals surface area contributed by atoms with Crippen molar-refractivity contribution in [2.75, 3.05) is 13.1 Å². The van der Waals surface area contributed by atoms with Crippen LogP contribution in [0.25, 0.3) is 6.08 Å². The number of sulfonamides is 1. The largest absolute Gasteiger partial charge is 0.348 e. The van der Waals surface area contributed by atoms with Gasteiger partial charge in [0.05, 0.1) is 6.54 Å². The van der Waals surface area contributed by atoms with Crippen molar-refractivity contribution in [3.8, 4) is 0 Å². The summed E-state index contributed by atoms with van der Waals surface area (Å²) < 4.78 is 26.6. The van der Waals surface area contributed by atoms with Gasteiger partial charge in [0.25, 0.3) is 10.0 Å². The fourth-order valence-corrected chi connectivity index (χ4v) is 5.59. The molecule has 0 aliphatic rings. The van der Waals surface area contributed by atoms with Crippen molar-refractivity contribution in [3.05, 3.63) is 45.5 Å². The molecule has 1 N–H and O–H groups in total. The summed E-state index contributed by atoms with van der Waals surface area (Å²) in [4.78, 5) is 13.6. The number of hydrogen-bond acceptors (Lipinski definition) is 5. The topological polar surface area (TPSA) is 66.5 Å². The summed E-state index contributed by atoms with van der Waals surface area (Å²) in [6.45, 7) is 4.82. The summed E-state index contributed by atoms with van der Waals surface area (Å²) in [5.41, 5.74) is 0. The molecule has 2 heterocycles. The zero-order chi connectivity index (χ0) is 17.6. The normalized spacial score (nSPS) is 12.1. The summed E-state index contributed by atoms with van der Waals surface area (Å²) in [7, 11) is -3.43. The quantitative estimate of drug-likeness (QED) is 0.711. The highest BCUT2D eigenvalue weighted by atomic mass is 32.2. The molecule has 1 amide bonds. The first kappa shape index (κ1) is 18.9. The second-order valence-corrected chi connectivity index (χ2v) is 9.19. The Morgan fingerprint density at radius 3 is 2.62 bits per heavy atom. The number of carbonyl (C=O) groups excluding carboxylic acids is 1. The average molecular weight is 385 g/mol. The predicted molar refractivity (Wildman–Crippen MR) is 99.6 cm³/mol. The van der Waals surface area contributed by atoms with Crippen molar-refractivity contribution >= 4 is 44.7 Å². The Kier molecular flexibility index (Phi) is 6.73. The Labute approximate surface area is 150 Å². The van der Waals surface area contributed by atoms with E-state index in [9.17, 15) is 13.2 Å². The van der Waals surface area contributed by atoms with Crippen LogP contribution in [0.4, 0.5) is 0 Å². The van der Waals surface area contributed by atoms with E-state index in [1.54, 1.807) is 29.5 Å². The van der Waals surface area contributed by atoms with E-state index in [2.05, 4.69) is 5.32 Å². The number of amides is 1. The van der Waals surface area contributed by atoms with Gasteiger partial charge in [-0.3, -0.25) is 4.79 Å². The van der Waals surface area contributed by atoms with Crippen LogP contribution in [0.2, 0.25) is 0 Å². The molecule has 0 bridgehead atoms. The molecule has 0 atom stereocenters. The Hall–Kier alpha value is -1.48. The molecule has 0 saturated heterocycles. The number of nitrogens with one attached hydrogen (secondary N) is 1. The Balaban J connectivity index is 1.95. The van der Waals surface area contributed by atoms with Crippen molar-refractivity contribution < 1.29 is 13.2 Å². The molecule has 2 aromatic rings. The maximum Gasteiger partial charge on any atom is 0.252 e. The molecule has 5 nitrogen and oxygen atoms in total. The van der Waals surface area contributed by atoms with Crippen LogP contribution in [0.3, 0.4) is 0 Å². The van der Waals surface area contributed by atoms with Gasteiger partial charge in [-0.2, -0.15) is 4.31 Å². The number of carbonyl (C=O) groups is 1. The standard InChI is InChI=1S/C16H20N2O3S3/c1-3-18(4-2)24(20,21)16-10-8-14(23-16)12-17-15(19)9-7-13-6-5-11-22-13/h5-11H,3-4,12H2,1-2H3,(H,17,19)/b9-7+. The molecule has 0 saturated carbocycles. The van der Waals surface area contributed by atoms with Crippen LogP contribution in [0, 0.1) is 0 Å². The molecule has 24 heavy (non-hydrogen) atoms. The SMILES string of the molecule is CCN(CC)S(=O)(=O)c1ccc(CNC(=O)/C=C/c2cccs2)s1. The second-order valence-electron chi connectivity index (χ2n) is 4.88. The molecule has 0 fully saturated rings. The predicted octanol–water partition coefficient (Wildman–Crippen LogP) is 3.17. The lowest BCUT2D eigenvalue weighted by Crippen LogP contribution is -2.29. The van der Waals surface area contributed by atoms with Crippen molar-refractivity contribution in [2.24, 2.45) is 0 Å². The number of rotatable bonds is 8. The number of nitrogens with zero attached hydrogens (tertiary/aromatic N) is 1. The lowest BCUT2D eigenvalue weighted by atomic mass is 10.4. The molecule has 0 aromatic carbocycles. The Morgan fingerprint density at radius 2 is 2.00 bits per heavy atom. The van der Waals surface area contributed by atoms with E-state index in [-0.39, 0.29) is 5.91 Å². The van der Waals surface area contributed by atoms with Crippen LogP contribution in [-0.4, -0.2) is 31.7 Å². The fourth-order valence-electron chi connectivity index (χ4n) is 2.06. The van der Waals surface area contributed by atoms with Gasteiger partial charge in [0, 0.05) is 28.9 Å². The molecular formula is C16H20N2O3S3. The minimum absolute atomic E-state index is 0.204. The van der Waals surface area contributed by atoms with Gasteiger partial charge >= 0.3 is 0 Å². The Bertz CT molecular complexity index is 788. The van der Waals surface area contributed by atoms with E-state index in [1.807, 2.05) is 31.4 Å². The lowest BCUT2D eigenvalue weighted by molar-refractivity contribution is -0.116. The minimum Gasteiger partial charge on any atom is -0.348 e. The summed E-state index contributed by atoms with van der Waals surface area (Å²) in [5, 5.41) is 4.71. The summed E-state index contributed by atoms with van der Waals surface area (Å²) in [6.07, 6.45) is 3.23. The molecule has 8 heteroatoms. The van der Waals surface area contributed by atoms with Crippen LogP contribution in [0.15, 0.2) is 39.9 Å². The molecule has 0 radical (unpaired) electrons. The fraction of sp³-hybridized carbons (Fsp3) is 0.312. The summed E-state index contributed by atoms with van der Waals surface area (Å²) >= 11 is 2.75. The molecule has 0 aliphatic carbocycles. The molecule has 0 spiro atoms. The van der Waals surface area contributed by atoms with Crippen LogP contribution < -0.4 is 5.32 Å². The molecule has 2 rings (SSSR count). The molecule has 2 aromatic heterocycles. The average Bonchev–Trinajstić information content (AvgIpc) is 3.23. The molecule has 0 aliphatic heterocycles. The number of thiophene rings is 2. The van der Waals surface area contributed by atoms with Crippen molar-refractivity contribution in [1.29, 1.82) is 0 Å². The third-order valence-corrected chi connectivity index (χ3v) is 7.76. The minimum atomic E-state index is -3.43. The molecule has 0 unspecified atom stereocenters. The lowest BCUT2D eigenvalue weighted by Gasteiger charge is -2.16. The third kappa shape index (κ3) is 4.76. The first-order chi connectivity index (χ1) is 11.5. The highest BCUT2D eigenvalue weighted by molar-refractivity contribution is 7.91. The number of hydrogen-bond donors (Lipinski definition) is 1. The zero-order valence-corrected chi connectivity index (χ0v) is 16.0. The summed E-state index contributed by atoms with van der Waals surface area (Å²) in [5.74, 6) is -0.204. The van der Waals surface area contributed by atoms with Gasteiger partial charge in [-0.15, -0.1) is 22.7 Å². The maximum atomic E-state index is 12.4. The van der Waals surface area contributed by atoms with E-state index in [4.69, 9.17) is 0 Å². The van der Waals surface area contributed by atoms with Crippen LogP contribution in [0.1, 0.15) is 23.6 Å². The Morgan fingerprint density at radius 1 is 1.25 bits per heavy atom. The van der Waals surface area contributed by atoms with Crippen LogP contribution in [0.5, 0.6) is 0 Å². The van der Waals surface area contributed by atoms with E-state index >= 15 is 0 Å². The first-order valence-corrected chi connectivity index (χ1v) is 10.7. The zero-order valence-electron chi connectivity index (χ0n) is 13.6. The summed E-state index contributed by atoms with van der Waals surface area (Å²) in [6, 6.07) is 7.19. The van der Waals surface area contributed by atoms with Gasteiger partial charge in [-0.25, -0.2) is 8.42 Å². The van der Waals surface area contributed by atoms with Crippen LogP contribution in [-0.2, 0) is 21.4 Å². The van der Waals surface area contributed by atoms with Crippen LogP contribution >= 0.6 is 22.7 Å². The van der Waals surface area contributed by atoms with E-state index in [0.717, 1.165) is 9.75 Å².